The van der Waals surface area contributed by atoms with E-state index < -0.39 is 0 Å². The molecule has 130 valence electrons. The Kier molecular flexibility index (Phi) is 7.50. The van der Waals surface area contributed by atoms with Gasteiger partial charge in [-0.05, 0) is 18.5 Å². The fraction of sp³-hybridized carbons (Fsp3) is 0.684. The van der Waals surface area contributed by atoms with Crippen molar-refractivity contribution in [3.8, 4) is 0 Å². The number of piperazine rings is 1. The van der Waals surface area contributed by atoms with Crippen LogP contribution in [0.5, 0.6) is 0 Å². The van der Waals surface area contributed by atoms with Gasteiger partial charge in [-0.2, -0.15) is 0 Å². The lowest BCUT2D eigenvalue weighted by Gasteiger charge is -2.36. The Labute approximate surface area is 141 Å². The molecule has 1 aliphatic rings. The van der Waals surface area contributed by atoms with Crippen molar-refractivity contribution in [1.29, 1.82) is 0 Å². The van der Waals surface area contributed by atoms with Crippen molar-refractivity contribution in [3.63, 3.8) is 0 Å². The number of rotatable bonds is 8. The van der Waals surface area contributed by atoms with Gasteiger partial charge in [0, 0.05) is 52.4 Å². The summed E-state index contributed by atoms with van der Waals surface area (Å²) in [6.07, 6.45) is -0.277. The minimum absolute atomic E-state index is 0.277. The molecule has 2 rings (SSSR count). The first-order valence-corrected chi connectivity index (χ1v) is 8.88. The fourth-order valence-electron chi connectivity index (χ4n) is 3.35. The summed E-state index contributed by atoms with van der Waals surface area (Å²) in [5.41, 5.74) is 1.30. The average molecular weight is 319 g/mol. The van der Waals surface area contributed by atoms with E-state index in [0.717, 1.165) is 51.7 Å². The van der Waals surface area contributed by atoms with E-state index in [2.05, 4.69) is 59.9 Å². The normalized spacial score (nSPS) is 18.7. The second kappa shape index (κ2) is 9.38. The minimum atomic E-state index is -0.277. The van der Waals surface area contributed by atoms with E-state index in [9.17, 15) is 5.11 Å². The maximum atomic E-state index is 10.4. The predicted octanol–water partition coefficient (Wildman–Crippen LogP) is 1.75. The van der Waals surface area contributed by atoms with E-state index >= 15 is 0 Å². The van der Waals surface area contributed by atoms with E-state index in [1.807, 2.05) is 6.07 Å². The van der Waals surface area contributed by atoms with E-state index in [1.165, 1.54) is 12.1 Å². The van der Waals surface area contributed by atoms with Gasteiger partial charge in [-0.25, -0.2) is 0 Å². The Morgan fingerprint density at radius 1 is 1.00 bits per heavy atom. The number of likely N-dealkylation sites (N-methyl/N-ethyl adjacent to an activating group) is 1. The van der Waals surface area contributed by atoms with Crippen LogP contribution in [0.25, 0.3) is 0 Å². The molecule has 1 unspecified atom stereocenters. The SMILES string of the molecule is CC(C)CN1CCN(CC(O)CN(C)Cc2ccccc2)CC1. The summed E-state index contributed by atoms with van der Waals surface area (Å²) < 4.78 is 0. The largest absolute Gasteiger partial charge is 0.390 e. The molecule has 1 aromatic carbocycles. The van der Waals surface area contributed by atoms with Crippen molar-refractivity contribution >= 4 is 0 Å². The highest BCUT2D eigenvalue weighted by molar-refractivity contribution is 5.14. The smallest absolute Gasteiger partial charge is 0.0793 e. The van der Waals surface area contributed by atoms with Gasteiger partial charge in [-0.3, -0.25) is 9.80 Å². The van der Waals surface area contributed by atoms with Crippen LogP contribution in [0.4, 0.5) is 0 Å². The van der Waals surface area contributed by atoms with Gasteiger partial charge in [0.2, 0.25) is 0 Å². The topological polar surface area (TPSA) is 30.0 Å². The monoisotopic (exact) mass is 319 g/mol. The van der Waals surface area contributed by atoms with Crippen LogP contribution < -0.4 is 0 Å². The van der Waals surface area contributed by atoms with Crippen LogP contribution in [0, 0.1) is 5.92 Å². The van der Waals surface area contributed by atoms with Crippen molar-refractivity contribution in [2.45, 2.75) is 26.5 Å². The molecule has 0 amide bonds. The van der Waals surface area contributed by atoms with Gasteiger partial charge in [-0.15, -0.1) is 0 Å². The van der Waals surface area contributed by atoms with Gasteiger partial charge < -0.3 is 10.0 Å². The summed E-state index contributed by atoms with van der Waals surface area (Å²) in [6.45, 7) is 12.6. The van der Waals surface area contributed by atoms with E-state index in [4.69, 9.17) is 0 Å². The molecule has 1 aliphatic heterocycles. The Bertz CT molecular complexity index is 430. The van der Waals surface area contributed by atoms with Crippen molar-refractivity contribution in [1.82, 2.24) is 14.7 Å². The summed E-state index contributed by atoms with van der Waals surface area (Å²) in [4.78, 5) is 7.14. The molecule has 0 radical (unpaired) electrons. The number of benzene rings is 1. The second-order valence-corrected chi connectivity index (χ2v) is 7.33. The lowest BCUT2D eigenvalue weighted by Crippen LogP contribution is -2.50. The van der Waals surface area contributed by atoms with E-state index in [1.54, 1.807) is 0 Å². The van der Waals surface area contributed by atoms with Gasteiger partial charge in [-0.1, -0.05) is 44.2 Å². The van der Waals surface area contributed by atoms with Gasteiger partial charge in [0.1, 0.15) is 0 Å². The standard InChI is InChI=1S/C19H33N3O/c1-17(2)13-21-9-11-22(12-10-21)16-19(23)15-20(3)14-18-7-5-4-6-8-18/h4-8,17,19,23H,9-16H2,1-3H3. The quantitative estimate of drug-likeness (QED) is 0.791. The molecule has 1 saturated heterocycles. The summed E-state index contributed by atoms with van der Waals surface area (Å²) in [5, 5.41) is 10.4. The van der Waals surface area contributed by atoms with E-state index in [0.29, 0.717) is 0 Å². The number of hydrogen-bond acceptors (Lipinski definition) is 4. The van der Waals surface area contributed by atoms with Crippen LogP contribution in [0.15, 0.2) is 30.3 Å². The molecule has 23 heavy (non-hydrogen) atoms. The number of nitrogens with zero attached hydrogens (tertiary/aromatic N) is 3. The molecule has 0 aromatic heterocycles. The van der Waals surface area contributed by atoms with E-state index in [-0.39, 0.29) is 6.10 Å². The second-order valence-electron chi connectivity index (χ2n) is 7.33. The first-order valence-electron chi connectivity index (χ1n) is 8.88. The molecule has 1 N–H and O–H groups in total. The molecule has 1 fully saturated rings. The molecule has 1 atom stereocenters. The zero-order valence-electron chi connectivity index (χ0n) is 15.0. The number of aliphatic hydroxyl groups excluding tert-OH is 1. The first-order chi connectivity index (χ1) is 11.0. The minimum Gasteiger partial charge on any atom is -0.390 e. The number of aliphatic hydroxyl groups is 1. The van der Waals surface area contributed by atoms with Gasteiger partial charge >= 0.3 is 0 Å². The van der Waals surface area contributed by atoms with Crippen LogP contribution >= 0.6 is 0 Å². The lowest BCUT2D eigenvalue weighted by atomic mass is 10.2. The first kappa shape index (κ1) is 18.4. The number of β-amino-alcohol motifs (C(OH)–C–C–N with tert-alkyl or cyclic N) is 1. The molecule has 0 spiro atoms. The summed E-state index contributed by atoms with van der Waals surface area (Å²) >= 11 is 0. The fourth-order valence-corrected chi connectivity index (χ4v) is 3.35. The summed E-state index contributed by atoms with van der Waals surface area (Å²) in [7, 11) is 2.08. The maximum absolute atomic E-state index is 10.4. The van der Waals surface area contributed by atoms with Gasteiger partial charge in [0.25, 0.3) is 0 Å². The number of hydrogen-bond donors (Lipinski definition) is 1. The van der Waals surface area contributed by atoms with Crippen LogP contribution in [-0.2, 0) is 6.54 Å². The van der Waals surface area contributed by atoms with Crippen LogP contribution in [0.1, 0.15) is 19.4 Å². The molecular formula is C19H33N3O. The maximum Gasteiger partial charge on any atom is 0.0793 e. The molecule has 4 heteroatoms. The van der Waals surface area contributed by atoms with Crippen molar-refractivity contribution in [3.05, 3.63) is 35.9 Å². The Hall–Kier alpha value is -0.940. The Morgan fingerprint density at radius 3 is 2.13 bits per heavy atom. The highest BCUT2D eigenvalue weighted by Crippen LogP contribution is 2.07. The van der Waals surface area contributed by atoms with Crippen molar-refractivity contribution in [2.75, 3.05) is 52.9 Å². The molecule has 4 nitrogen and oxygen atoms in total. The summed E-state index contributed by atoms with van der Waals surface area (Å²) in [5.74, 6) is 0.735. The lowest BCUT2D eigenvalue weighted by molar-refractivity contribution is 0.0517. The predicted molar refractivity (Wildman–Crippen MR) is 96.5 cm³/mol. The third kappa shape index (κ3) is 7.00. The Balaban J connectivity index is 1.66. The third-order valence-electron chi connectivity index (χ3n) is 4.37. The molecule has 0 saturated carbocycles. The van der Waals surface area contributed by atoms with Gasteiger partial charge in [0.05, 0.1) is 6.10 Å². The summed E-state index contributed by atoms with van der Waals surface area (Å²) in [6, 6.07) is 10.4. The molecule has 0 aliphatic carbocycles. The molecule has 1 aromatic rings. The van der Waals surface area contributed by atoms with Crippen LogP contribution in [-0.4, -0.2) is 78.8 Å². The Morgan fingerprint density at radius 2 is 1.57 bits per heavy atom. The highest BCUT2D eigenvalue weighted by atomic mass is 16.3. The van der Waals surface area contributed by atoms with Crippen molar-refractivity contribution < 1.29 is 5.11 Å². The zero-order valence-corrected chi connectivity index (χ0v) is 15.0. The third-order valence-corrected chi connectivity index (χ3v) is 4.37. The van der Waals surface area contributed by atoms with Crippen LogP contribution in [0.3, 0.4) is 0 Å². The zero-order chi connectivity index (χ0) is 16.7. The van der Waals surface area contributed by atoms with Gasteiger partial charge in [0.15, 0.2) is 0 Å². The molecular weight excluding hydrogens is 286 g/mol. The van der Waals surface area contributed by atoms with Crippen molar-refractivity contribution in [2.24, 2.45) is 5.92 Å². The van der Waals surface area contributed by atoms with Crippen LogP contribution in [0.2, 0.25) is 0 Å². The highest BCUT2D eigenvalue weighted by Gasteiger charge is 2.20. The molecule has 0 bridgehead atoms. The molecule has 1 heterocycles. The average Bonchev–Trinajstić information content (AvgIpc) is 2.49.